The first kappa shape index (κ1) is 27.6. The number of hydrogen-bond acceptors (Lipinski definition) is 4. The molecule has 0 unspecified atom stereocenters. The van der Waals surface area contributed by atoms with Gasteiger partial charge in [0.15, 0.2) is 0 Å². The van der Waals surface area contributed by atoms with Crippen LogP contribution in [0.2, 0.25) is 0 Å². The summed E-state index contributed by atoms with van der Waals surface area (Å²) in [6.07, 6.45) is 15.5. The van der Waals surface area contributed by atoms with E-state index in [1.165, 1.54) is 44.1 Å². The van der Waals surface area contributed by atoms with Crippen LogP contribution in [0.3, 0.4) is 0 Å². The zero-order chi connectivity index (χ0) is 24.3. The zero-order valence-corrected chi connectivity index (χ0v) is 20.9. The Balaban J connectivity index is 1.59. The van der Waals surface area contributed by atoms with Gasteiger partial charge in [0.2, 0.25) is 0 Å². The molecule has 2 aromatic carbocycles. The Hall–Kier alpha value is -2.69. The predicted molar refractivity (Wildman–Crippen MR) is 140 cm³/mol. The third-order valence-corrected chi connectivity index (χ3v) is 5.93. The Morgan fingerprint density at radius 1 is 0.706 bits per heavy atom. The quantitative estimate of drug-likeness (QED) is 0.166. The van der Waals surface area contributed by atoms with Gasteiger partial charge >= 0.3 is 5.97 Å². The summed E-state index contributed by atoms with van der Waals surface area (Å²) in [4.78, 5) is 10.5. The van der Waals surface area contributed by atoms with Crippen LogP contribution in [0, 0.1) is 0 Å². The maximum atomic E-state index is 10.5. The van der Waals surface area contributed by atoms with Gasteiger partial charge in [0.25, 0.3) is 0 Å². The summed E-state index contributed by atoms with van der Waals surface area (Å²) in [6.45, 7) is 2.95. The van der Waals surface area contributed by atoms with Crippen LogP contribution >= 0.6 is 0 Å². The highest BCUT2D eigenvalue weighted by Crippen LogP contribution is 2.22. The minimum atomic E-state index is -0.700. The fraction of sp³-hybridized carbons (Fsp3) is 0.552. The van der Waals surface area contributed by atoms with E-state index in [0.29, 0.717) is 6.61 Å². The minimum absolute atomic E-state index is 0.282. The summed E-state index contributed by atoms with van der Waals surface area (Å²) in [5.41, 5.74) is 3.05. The minimum Gasteiger partial charge on any atom is -0.494 e. The smallest absolute Gasteiger partial charge is 0.303 e. The third-order valence-electron chi connectivity index (χ3n) is 5.93. The number of carboxylic acid groups (broad SMARTS) is 1. The number of carbonyl (C=O) groups is 1. The fourth-order valence-electron chi connectivity index (χ4n) is 3.84. The lowest BCUT2D eigenvalue weighted by atomic mass is 10.0. The summed E-state index contributed by atoms with van der Waals surface area (Å²) in [6, 6.07) is 16.1. The second kappa shape index (κ2) is 17.7. The number of hydrogen-bond donors (Lipinski definition) is 1. The Morgan fingerprint density at radius 3 is 1.85 bits per heavy atom. The highest BCUT2D eigenvalue weighted by Gasteiger charge is 1.99. The lowest BCUT2D eigenvalue weighted by molar-refractivity contribution is -0.137. The van der Waals surface area contributed by atoms with E-state index in [0.717, 1.165) is 62.1 Å². The van der Waals surface area contributed by atoms with Gasteiger partial charge in [0.1, 0.15) is 5.75 Å². The maximum absolute atomic E-state index is 10.5. The molecule has 0 aliphatic carbocycles. The Bertz CT molecular complexity index is 816. The van der Waals surface area contributed by atoms with Crippen molar-refractivity contribution in [1.29, 1.82) is 0 Å². The van der Waals surface area contributed by atoms with E-state index < -0.39 is 5.97 Å². The Labute approximate surface area is 205 Å². The summed E-state index contributed by atoms with van der Waals surface area (Å²) < 4.78 is 5.81. The summed E-state index contributed by atoms with van der Waals surface area (Å²) in [5.74, 6) is 0.146. The number of rotatable bonds is 19. The van der Waals surface area contributed by atoms with Crippen molar-refractivity contribution in [3.8, 4) is 5.75 Å². The molecular formula is C29H42N2O3. The van der Waals surface area contributed by atoms with E-state index in [-0.39, 0.29) is 6.42 Å². The van der Waals surface area contributed by atoms with Crippen LogP contribution in [0.15, 0.2) is 58.8 Å². The number of azo groups is 1. The number of nitrogens with zero attached hydrogens (tertiary/aromatic N) is 2. The van der Waals surface area contributed by atoms with E-state index in [2.05, 4.69) is 29.3 Å². The molecule has 0 saturated carbocycles. The van der Waals surface area contributed by atoms with E-state index in [1.807, 2.05) is 36.4 Å². The molecule has 5 nitrogen and oxygen atoms in total. The number of benzene rings is 2. The van der Waals surface area contributed by atoms with Gasteiger partial charge in [0.05, 0.1) is 18.0 Å². The van der Waals surface area contributed by atoms with E-state index in [1.54, 1.807) is 0 Å². The van der Waals surface area contributed by atoms with Gasteiger partial charge in [-0.05, 0) is 67.6 Å². The number of aliphatic carboxylic acids is 1. The molecule has 2 rings (SSSR count). The lowest BCUT2D eigenvalue weighted by Crippen LogP contribution is -1.97. The molecule has 0 aliphatic heterocycles. The molecule has 2 aromatic rings. The molecule has 1 N–H and O–H groups in total. The number of unbranched alkanes of at least 4 members (excludes halogenated alkanes) is 10. The number of aryl methyl sites for hydroxylation is 1. The van der Waals surface area contributed by atoms with Gasteiger partial charge in [-0.2, -0.15) is 10.2 Å². The molecule has 0 aliphatic rings. The van der Waals surface area contributed by atoms with Crippen molar-refractivity contribution in [3.63, 3.8) is 0 Å². The standard InChI is InChI=1S/C29H42N2O3/c1-2-3-4-5-8-11-14-25-16-18-26(19-17-25)30-31-27-20-22-28(23-21-27)34-24-13-10-7-6-9-12-15-29(32)33/h16-23H,2-15,24H2,1H3,(H,32,33). The van der Waals surface area contributed by atoms with Crippen LogP contribution in [-0.4, -0.2) is 17.7 Å². The molecule has 5 heteroatoms. The van der Waals surface area contributed by atoms with Crippen LogP contribution < -0.4 is 4.74 Å². The van der Waals surface area contributed by atoms with Crippen molar-refractivity contribution in [3.05, 3.63) is 54.1 Å². The molecule has 0 saturated heterocycles. The third kappa shape index (κ3) is 13.1. The molecule has 0 fully saturated rings. The first-order valence-electron chi connectivity index (χ1n) is 13.1. The molecule has 0 bridgehead atoms. The number of carboxylic acids is 1. The molecule has 186 valence electrons. The van der Waals surface area contributed by atoms with Gasteiger partial charge in [-0.1, -0.05) is 76.8 Å². The van der Waals surface area contributed by atoms with Crippen LogP contribution in [0.5, 0.6) is 5.75 Å². The highest BCUT2D eigenvalue weighted by molar-refractivity contribution is 5.66. The molecule has 0 amide bonds. The second-order valence-electron chi connectivity index (χ2n) is 8.99. The first-order valence-corrected chi connectivity index (χ1v) is 13.1. The van der Waals surface area contributed by atoms with Crippen LogP contribution in [0.25, 0.3) is 0 Å². The fourth-order valence-corrected chi connectivity index (χ4v) is 3.84. The topological polar surface area (TPSA) is 71.2 Å². The van der Waals surface area contributed by atoms with Crippen LogP contribution in [0.1, 0.15) is 96.0 Å². The predicted octanol–water partition coefficient (Wildman–Crippen LogP) is 9.20. The van der Waals surface area contributed by atoms with Crippen molar-refractivity contribution in [2.45, 2.75) is 96.8 Å². The maximum Gasteiger partial charge on any atom is 0.303 e. The first-order chi connectivity index (χ1) is 16.7. The Kier molecular flexibility index (Phi) is 14.4. The number of ether oxygens (including phenoxy) is 1. The van der Waals surface area contributed by atoms with Gasteiger partial charge in [-0.3, -0.25) is 4.79 Å². The monoisotopic (exact) mass is 466 g/mol. The van der Waals surface area contributed by atoms with Crippen molar-refractivity contribution in [2.75, 3.05) is 6.61 Å². The van der Waals surface area contributed by atoms with Crippen LogP contribution in [-0.2, 0) is 11.2 Å². The molecule has 0 atom stereocenters. The van der Waals surface area contributed by atoms with Crippen molar-refractivity contribution >= 4 is 17.3 Å². The SMILES string of the molecule is CCCCCCCCc1ccc(N=Nc2ccc(OCCCCCCCCC(=O)O)cc2)cc1. The van der Waals surface area contributed by atoms with E-state index in [4.69, 9.17) is 9.84 Å². The molecular weight excluding hydrogens is 424 g/mol. The van der Waals surface area contributed by atoms with E-state index >= 15 is 0 Å². The van der Waals surface area contributed by atoms with Crippen LogP contribution in [0.4, 0.5) is 11.4 Å². The van der Waals surface area contributed by atoms with Crippen molar-refractivity contribution in [2.24, 2.45) is 10.2 Å². The van der Waals surface area contributed by atoms with Gasteiger partial charge < -0.3 is 9.84 Å². The molecule has 0 radical (unpaired) electrons. The zero-order valence-electron chi connectivity index (χ0n) is 20.9. The average molecular weight is 467 g/mol. The van der Waals surface area contributed by atoms with E-state index in [9.17, 15) is 4.79 Å². The summed E-state index contributed by atoms with van der Waals surface area (Å²) in [5, 5.41) is 17.3. The molecule has 0 aromatic heterocycles. The highest BCUT2D eigenvalue weighted by atomic mass is 16.5. The largest absolute Gasteiger partial charge is 0.494 e. The van der Waals surface area contributed by atoms with Crippen molar-refractivity contribution in [1.82, 2.24) is 0 Å². The van der Waals surface area contributed by atoms with Gasteiger partial charge in [-0.25, -0.2) is 0 Å². The molecule has 0 spiro atoms. The van der Waals surface area contributed by atoms with Crippen molar-refractivity contribution < 1.29 is 14.6 Å². The van der Waals surface area contributed by atoms with Gasteiger partial charge in [0, 0.05) is 6.42 Å². The molecule has 0 heterocycles. The summed E-state index contributed by atoms with van der Waals surface area (Å²) in [7, 11) is 0. The normalized spacial score (nSPS) is 11.2. The summed E-state index contributed by atoms with van der Waals surface area (Å²) >= 11 is 0. The average Bonchev–Trinajstić information content (AvgIpc) is 2.85. The van der Waals surface area contributed by atoms with Gasteiger partial charge in [-0.15, -0.1) is 0 Å². The second-order valence-corrected chi connectivity index (χ2v) is 8.99. The lowest BCUT2D eigenvalue weighted by Gasteiger charge is -2.06. The Morgan fingerprint density at radius 2 is 1.24 bits per heavy atom. The molecule has 34 heavy (non-hydrogen) atoms.